The molecule has 0 spiro atoms. The van der Waals surface area contributed by atoms with Gasteiger partial charge in [-0.1, -0.05) is 0 Å². The van der Waals surface area contributed by atoms with Crippen molar-refractivity contribution in [3.63, 3.8) is 0 Å². The van der Waals surface area contributed by atoms with E-state index in [2.05, 4.69) is 14.9 Å². The van der Waals surface area contributed by atoms with Crippen LogP contribution in [-0.2, 0) is 9.59 Å². The second kappa shape index (κ2) is 7.84. The molecule has 0 aliphatic carbocycles. The Morgan fingerprint density at radius 3 is 2.39 bits per heavy atom. The first-order chi connectivity index (χ1) is 13.7. The van der Waals surface area contributed by atoms with E-state index in [1.807, 2.05) is 29.2 Å². The first-order valence-corrected chi connectivity index (χ1v) is 9.41. The van der Waals surface area contributed by atoms with Crippen molar-refractivity contribution in [2.45, 2.75) is 6.42 Å². The van der Waals surface area contributed by atoms with E-state index in [0.717, 1.165) is 11.4 Å². The number of ether oxygens (including phenoxy) is 1. The standard InChI is InChI=1S/C20H23N5O3/c1-28-17-5-3-16(4-6-17)25-14-15(13-18(25)26)19(27)23-9-11-24(12-10-23)20-21-7-2-8-22-20/h2-8,15H,9-14H2,1H3/t15-/m1/s1. The number of anilines is 2. The SMILES string of the molecule is COc1ccc(N2C[C@H](C(=O)N3CCN(c4ncccn4)CC3)CC2=O)cc1. The zero-order valence-corrected chi connectivity index (χ0v) is 15.8. The van der Waals surface area contributed by atoms with Crippen LogP contribution in [0.2, 0.25) is 0 Å². The molecule has 2 fully saturated rings. The van der Waals surface area contributed by atoms with Gasteiger partial charge in [0, 0.05) is 57.2 Å². The maximum absolute atomic E-state index is 12.9. The van der Waals surface area contributed by atoms with Crippen LogP contribution in [-0.4, -0.2) is 66.5 Å². The van der Waals surface area contributed by atoms with Gasteiger partial charge in [-0.25, -0.2) is 9.97 Å². The fourth-order valence-electron chi connectivity index (χ4n) is 3.72. The van der Waals surface area contributed by atoms with Crippen LogP contribution in [0.3, 0.4) is 0 Å². The van der Waals surface area contributed by atoms with E-state index in [-0.39, 0.29) is 24.2 Å². The maximum Gasteiger partial charge on any atom is 0.228 e. The van der Waals surface area contributed by atoms with Gasteiger partial charge in [-0.05, 0) is 30.3 Å². The average Bonchev–Trinajstić information content (AvgIpc) is 3.15. The van der Waals surface area contributed by atoms with Gasteiger partial charge in [0.1, 0.15) is 5.75 Å². The normalized spacial score (nSPS) is 19.8. The van der Waals surface area contributed by atoms with Crippen molar-refractivity contribution in [3.8, 4) is 5.75 Å². The lowest BCUT2D eigenvalue weighted by Gasteiger charge is -2.35. The van der Waals surface area contributed by atoms with Crippen molar-refractivity contribution in [1.82, 2.24) is 14.9 Å². The summed E-state index contributed by atoms with van der Waals surface area (Å²) in [4.78, 5) is 39.6. The van der Waals surface area contributed by atoms with Gasteiger partial charge >= 0.3 is 0 Å². The fraction of sp³-hybridized carbons (Fsp3) is 0.400. The third-order valence-electron chi connectivity index (χ3n) is 5.28. The van der Waals surface area contributed by atoms with Crippen LogP contribution in [0, 0.1) is 5.92 Å². The molecule has 0 bridgehead atoms. The highest BCUT2D eigenvalue weighted by atomic mass is 16.5. The van der Waals surface area contributed by atoms with Gasteiger partial charge in [0.05, 0.1) is 13.0 Å². The lowest BCUT2D eigenvalue weighted by Crippen LogP contribution is -2.51. The lowest BCUT2D eigenvalue weighted by atomic mass is 10.1. The summed E-state index contributed by atoms with van der Waals surface area (Å²) in [5.74, 6) is 1.17. The van der Waals surface area contributed by atoms with E-state index in [0.29, 0.717) is 38.7 Å². The molecule has 8 nitrogen and oxygen atoms in total. The van der Waals surface area contributed by atoms with Gasteiger partial charge in [0.2, 0.25) is 17.8 Å². The van der Waals surface area contributed by atoms with E-state index in [1.165, 1.54) is 0 Å². The number of carbonyl (C=O) groups excluding carboxylic acids is 2. The van der Waals surface area contributed by atoms with Crippen molar-refractivity contribution in [2.75, 3.05) is 49.6 Å². The summed E-state index contributed by atoms with van der Waals surface area (Å²) in [5.41, 5.74) is 0.798. The number of methoxy groups -OCH3 is 1. The molecule has 146 valence electrons. The van der Waals surface area contributed by atoms with Crippen molar-refractivity contribution in [3.05, 3.63) is 42.7 Å². The molecule has 28 heavy (non-hydrogen) atoms. The van der Waals surface area contributed by atoms with Crippen molar-refractivity contribution in [1.29, 1.82) is 0 Å². The fourth-order valence-corrected chi connectivity index (χ4v) is 3.72. The minimum atomic E-state index is -0.297. The molecule has 2 aromatic rings. The third-order valence-corrected chi connectivity index (χ3v) is 5.28. The minimum Gasteiger partial charge on any atom is -0.497 e. The van der Waals surface area contributed by atoms with Gasteiger partial charge in [-0.2, -0.15) is 0 Å². The van der Waals surface area contributed by atoms with E-state index >= 15 is 0 Å². The van der Waals surface area contributed by atoms with Gasteiger partial charge in [0.15, 0.2) is 0 Å². The Hall–Kier alpha value is -3.16. The van der Waals surface area contributed by atoms with Crippen LogP contribution < -0.4 is 14.5 Å². The summed E-state index contributed by atoms with van der Waals surface area (Å²) in [6.45, 7) is 3.04. The van der Waals surface area contributed by atoms with Gasteiger partial charge < -0.3 is 19.4 Å². The van der Waals surface area contributed by atoms with Gasteiger partial charge in [0.25, 0.3) is 0 Å². The molecule has 3 heterocycles. The molecule has 4 rings (SSSR count). The maximum atomic E-state index is 12.9. The van der Waals surface area contributed by atoms with Crippen LogP contribution in [0.25, 0.3) is 0 Å². The first kappa shape index (κ1) is 18.2. The number of hydrogen-bond donors (Lipinski definition) is 0. The number of amides is 2. The summed E-state index contributed by atoms with van der Waals surface area (Å²) < 4.78 is 5.16. The molecule has 0 radical (unpaired) electrons. The Labute approximate surface area is 163 Å². The molecule has 2 aliphatic rings. The highest BCUT2D eigenvalue weighted by Crippen LogP contribution is 2.28. The Morgan fingerprint density at radius 2 is 1.75 bits per heavy atom. The summed E-state index contributed by atoms with van der Waals surface area (Å²) >= 11 is 0. The summed E-state index contributed by atoms with van der Waals surface area (Å²) in [6.07, 6.45) is 3.70. The summed E-state index contributed by atoms with van der Waals surface area (Å²) in [7, 11) is 1.61. The predicted molar refractivity (Wildman–Crippen MR) is 104 cm³/mol. The highest BCUT2D eigenvalue weighted by molar-refractivity contribution is 6.00. The second-order valence-corrected chi connectivity index (χ2v) is 6.96. The van der Waals surface area contributed by atoms with Gasteiger partial charge in [-0.3, -0.25) is 9.59 Å². The highest BCUT2D eigenvalue weighted by Gasteiger charge is 2.38. The quantitative estimate of drug-likeness (QED) is 0.792. The van der Waals surface area contributed by atoms with E-state index in [4.69, 9.17) is 4.74 Å². The Balaban J connectivity index is 1.36. The molecule has 2 aliphatic heterocycles. The van der Waals surface area contributed by atoms with E-state index < -0.39 is 0 Å². The number of benzene rings is 1. The van der Waals surface area contributed by atoms with E-state index in [9.17, 15) is 9.59 Å². The molecule has 0 unspecified atom stereocenters. The van der Waals surface area contributed by atoms with Crippen LogP contribution in [0.15, 0.2) is 42.7 Å². The van der Waals surface area contributed by atoms with Crippen molar-refractivity contribution >= 4 is 23.5 Å². The monoisotopic (exact) mass is 381 g/mol. The number of carbonyl (C=O) groups is 2. The number of piperazine rings is 1. The van der Waals surface area contributed by atoms with Crippen LogP contribution in [0.1, 0.15) is 6.42 Å². The van der Waals surface area contributed by atoms with Crippen LogP contribution in [0.4, 0.5) is 11.6 Å². The summed E-state index contributed by atoms with van der Waals surface area (Å²) in [5, 5.41) is 0. The predicted octanol–water partition coefficient (Wildman–Crippen LogP) is 1.19. The Morgan fingerprint density at radius 1 is 1.07 bits per heavy atom. The molecule has 8 heteroatoms. The molecule has 1 aromatic heterocycles. The molecule has 0 saturated carbocycles. The Kier molecular flexibility index (Phi) is 5.10. The molecule has 2 amide bonds. The zero-order valence-electron chi connectivity index (χ0n) is 15.8. The average molecular weight is 381 g/mol. The zero-order chi connectivity index (χ0) is 19.5. The molecule has 1 atom stereocenters. The van der Waals surface area contributed by atoms with E-state index in [1.54, 1.807) is 30.5 Å². The molecule has 1 aromatic carbocycles. The Bertz CT molecular complexity index is 835. The van der Waals surface area contributed by atoms with Crippen molar-refractivity contribution in [2.24, 2.45) is 5.92 Å². The van der Waals surface area contributed by atoms with Gasteiger partial charge in [-0.15, -0.1) is 0 Å². The number of nitrogens with zero attached hydrogens (tertiary/aromatic N) is 5. The van der Waals surface area contributed by atoms with Crippen LogP contribution >= 0.6 is 0 Å². The minimum absolute atomic E-state index is 0.0140. The number of aromatic nitrogens is 2. The summed E-state index contributed by atoms with van der Waals surface area (Å²) in [6, 6.07) is 9.13. The number of rotatable bonds is 4. The third kappa shape index (κ3) is 3.62. The molecule has 2 saturated heterocycles. The largest absolute Gasteiger partial charge is 0.497 e. The lowest BCUT2D eigenvalue weighted by molar-refractivity contribution is -0.136. The second-order valence-electron chi connectivity index (χ2n) is 6.96. The topological polar surface area (TPSA) is 78.9 Å². The molecule has 0 N–H and O–H groups in total. The van der Waals surface area contributed by atoms with Crippen molar-refractivity contribution < 1.29 is 14.3 Å². The number of hydrogen-bond acceptors (Lipinski definition) is 6. The van der Waals surface area contributed by atoms with Crippen LogP contribution in [0.5, 0.6) is 5.75 Å². The first-order valence-electron chi connectivity index (χ1n) is 9.41. The molecular formula is C20H23N5O3. The molecular weight excluding hydrogens is 358 g/mol. The smallest absolute Gasteiger partial charge is 0.228 e.